The molecule has 6 heteroatoms. The van der Waals surface area contributed by atoms with Crippen LogP contribution in [0.4, 0.5) is 17.1 Å². The van der Waals surface area contributed by atoms with E-state index in [1.807, 2.05) is 11.8 Å². The van der Waals surface area contributed by atoms with Gasteiger partial charge in [0.25, 0.3) is 0 Å². The van der Waals surface area contributed by atoms with Gasteiger partial charge in [-0.25, -0.2) is 0 Å². The zero-order chi connectivity index (χ0) is 29.5. The van der Waals surface area contributed by atoms with Crippen molar-refractivity contribution in [3.05, 3.63) is 136 Å². The molecule has 0 aliphatic carbocycles. The summed E-state index contributed by atoms with van der Waals surface area (Å²) in [6, 6.07) is 40.3. The first-order chi connectivity index (χ1) is 21.0. The van der Waals surface area contributed by atoms with E-state index in [2.05, 4.69) is 150 Å². The predicted octanol–water partition coefficient (Wildman–Crippen LogP) is 7.84. The van der Waals surface area contributed by atoms with Gasteiger partial charge < -0.3 is 19.6 Å². The summed E-state index contributed by atoms with van der Waals surface area (Å²) in [5.74, 6) is 0.981. The topological polar surface area (TPSA) is 36.8 Å². The van der Waals surface area contributed by atoms with Gasteiger partial charge in [-0.3, -0.25) is 0 Å². The second-order valence-electron chi connectivity index (χ2n) is 12.1. The third-order valence-corrected chi connectivity index (χ3v) is 10.3. The lowest BCUT2D eigenvalue weighted by Crippen LogP contribution is -2.63. The Balaban J connectivity index is 1.38. The number of rotatable bonds is 4. The van der Waals surface area contributed by atoms with Gasteiger partial charge >= 0.3 is 0 Å². The molecule has 5 nitrogen and oxygen atoms in total. The Labute approximate surface area is 259 Å². The summed E-state index contributed by atoms with van der Waals surface area (Å²) in [4.78, 5) is 9.96. The monoisotopic (exact) mass is 583 g/mol. The van der Waals surface area contributed by atoms with Gasteiger partial charge in [0.15, 0.2) is 0 Å². The summed E-state index contributed by atoms with van der Waals surface area (Å²) >= 11 is 1.81. The molecule has 43 heavy (non-hydrogen) atoms. The van der Waals surface area contributed by atoms with Crippen molar-refractivity contribution in [2.45, 2.75) is 32.9 Å². The quantitative estimate of drug-likeness (QED) is 0.244. The standard InChI is InChI=1S/C37H37N5S/c1-26-9-15-30(16-10-26)39-22-34-35(29-7-5-4-6-8-29)42-24-40(31-17-11-27(2)12-18-31)25-43-37(42)33(21-38)36(34)41(23-39)32-19-13-28(3)14-20-32/h4-20,34-36H,22-25H2,1-3H3. The Morgan fingerprint density at radius 2 is 1.16 bits per heavy atom. The number of hydrogen-bond donors (Lipinski definition) is 0. The Morgan fingerprint density at radius 3 is 1.74 bits per heavy atom. The molecule has 4 aromatic rings. The van der Waals surface area contributed by atoms with E-state index in [0.717, 1.165) is 42.0 Å². The van der Waals surface area contributed by atoms with E-state index in [1.54, 1.807) is 0 Å². The van der Waals surface area contributed by atoms with E-state index in [0.29, 0.717) is 0 Å². The van der Waals surface area contributed by atoms with E-state index in [-0.39, 0.29) is 18.0 Å². The molecule has 3 unspecified atom stereocenters. The van der Waals surface area contributed by atoms with Crippen molar-refractivity contribution in [2.75, 3.05) is 40.5 Å². The second kappa shape index (κ2) is 11.4. The van der Waals surface area contributed by atoms with Crippen molar-refractivity contribution in [3.8, 4) is 6.07 Å². The highest BCUT2D eigenvalue weighted by Gasteiger charge is 2.50. The fourth-order valence-corrected chi connectivity index (χ4v) is 8.06. The van der Waals surface area contributed by atoms with E-state index in [9.17, 15) is 5.26 Å². The van der Waals surface area contributed by atoms with Gasteiger partial charge in [0.1, 0.15) is 0 Å². The van der Waals surface area contributed by atoms with Crippen molar-refractivity contribution >= 4 is 28.8 Å². The van der Waals surface area contributed by atoms with Crippen LogP contribution in [0.15, 0.2) is 114 Å². The third-order valence-electron chi connectivity index (χ3n) is 9.13. The van der Waals surface area contributed by atoms with Crippen LogP contribution in [0.5, 0.6) is 0 Å². The van der Waals surface area contributed by atoms with E-state index < -0.39 is 0 Å². The first-order valence-electron chi connectivity index (χ1n) is 15.1. The number of aryl methyl sites for hydroxylation is 3. The molecule has 0 saturated carbocycles. The first-order valence-corrected chi connectivity index (χ1v) is 16.0. The largest absolute Gasteiger partial charge is 0.353 e. The summed E-state index contributed by atoms with van der Waals surface area (Å²) in [6.07, 6.45) is 0. The van der Waals surface area contributed by atoms with Gasteiger partial charge in [-0.15, -0.1) is 0 Å². The molecule has 0 amide bonds. The highest BCUT2D eigenvalue weighted by Crippen LogP contribution is 2.51. The summed E-state index contributed by atoms with van der Waals surface area (Å²) in [7, 11) is 0. The molecule has 3 aliphatic rings. The fourth-order valence-electron chi connectivity index (χ4n) is 6.90. The Morgan fingerprint density at radius 1 is 0.628 bits per heavy atom. The lowest BCUT2D eigenvalue weighted by molar-refractivity contribution is 0.149. The van der Waals surface area contributed by atoms with E-state index >= 15 is 0 Å². The molecule has 3 atom stereocenters. The number of benzene rings is 4. The van der Waals surface area contributed by atoms with Crippen LogP contribution in [0.3, 0.4) is 0 Å². The van der Waals surface area contributed by atoms with Crippen LogP contribution < -0.4 is 14.7 Å². The fraction of sp³-hybridized carbons (Fsp3) is 0.270. The van der Waals surface area contributed by atoms with Crippen LogP contribution in [0, 0.1) is 38.0 Å². The second-order valence-corrected chi connectivity index (χ2v) is 13.0. The molecular formula is C37H37N5S. The van der Waals surface area contributed by atoms with Gasteiger partial charge in [0, 0.05) is 29.5 Å². The van der Waals surface area contributed by atoms with E-state index in [1.165, 1.54) is 33.6 Å². The maximum absolute atomic E-state index is 10.9. The average Bonchev–Trinajstić information content (AvgIpc) is 3.04. The van der Waals surface area contributed by atoms with Crippen molar-refractivity contribution in [1.82, 2.24) is 4.90 Å². The number of fused-ring (bicyclic) bond motifs is 2. The minimum Gasteiger partial charge on any atom is -0.353 e. The molecule has 0 aromatic heterocycles. The molecule has 4 aromatic carbocycles. The lowest BCUT2D eigenvalue weighted by Gasteiger charge is -2.57. The molecular weight excluding hydrogens is 547 g/mol. The average molecular weight is 584 g/mol. The molecule has 216 valence electrons. The molecule has 0 radical (unpaired) electrons. The molecule has 3 heterocycles. The minimum atomic E-state index is -0.0238. The SMILES string of the molecule is Cc1ccc(N2CSC3=C(C#N)C4C(CN(c5ccc(C)cc5)CN4c4ccc(C)cc4)C(c4ccccc4)N3C2)cc1. The van der Waals surface area contributed by atoms with Crippen LogP contribution >= 0.6 is 11.8 Å². The molecule has 0 bridgehead atoms. The van der Waals surface area contributed by atoms with Gasteiger partial charge in [-0.1, -0.05) is 95.2 Å². The van der Waals surface area contributed by atoms with Crippen molar-refractivity contribution in [1.29, 1.82) is 5.26 Å². The predicted molar refractivity (Wildman–Crippen MR) is 179 cm³/mol. The molecule has 2 saturated heterocycles. The normalized spacial score (nSPS) is 21.8. The van der Waals surface area contributed by atoms with Crippen molar-refractivity contribution in [3.63, 3.8) is 0 Å². The lowest BCUT2D eigenvalue weighted by atomic mass is 9.77. The third kappa shape index (κ3) is 5.13. The molecule has 7 rings (SSSR count). The highest BCUT2D eigenvalue weighted by atomic mass is 32.2. The maximum atomic E-state index is 10.9. The van der Waals surface area contributed by atoms with Crippen LogP contribution in [0.1, 0.15) is 28.3 Å². The van der Waals surface area contributed by atoms with Gasteiger partial charge in [-0.05, 0) is 62.7 Å². The van der Waals surface area contributed by atoms with Crippen LogP contribution in [0.2, 0.25) is 0 Å². The number of nitrogens with zero attached hydrogens (tertiary/aromatic N) is 5. The minimum absolute atomic E-state index is 0.0238. The Hall–Kier alpha value is -4.34. The first kappa shape index (κ1) is 27.5. The van der Waals surface area contributed by atoms with Crippen LogP contribution in [-0.2, 0) is 0 Å². The van der Waals surface area contributed by atoms with Crippen molar-refractivity contribution < 1.29 is 0 Å². The number of nitriles is 1. The van der Waals surface area contributed by atoms with Gasteiger partial charge in [0.2, 0.25) is 0 Å². The van der Waals surface area contributed by atoms with E-state index in [4.69, 9.17) is 0 Å². The van der Waals surface area contributed by atoms with Crippen LogP contribution in [-0.4, -0.2) is 36.7 Å². The summed E-state index contributed by atoms with van der Waals surface area (Å²) in [5.41, 5.74) is 9.55. The van der Waals surface area contributed by atoms with Crippen molar-refractivity contribution in [2.24, 2.45) is 5.92 Å². The Bertz CT molecular complexity index is 1660. The van der Waals surface area contributed by atoms with Gasteiger partial charge in [-0.2, -0.15) is 5.26 Å². The summed E-state index contributed by atoms with van der Waals surface area (Å²) < 4.78 is 0. The summed E-state index contributed by atoms with van der Waals surface area (Å²) in [6.45, 7) is 8.74. The number of thioether (sulfide) groups is 1. The van der Waals surface area contributed by atoms with Gasteiger partial charge in [0.05, 0.1) is 48.0 Å². The summed E-state index contributed by atoms with van der Waals surface area (Å²) in [5, 5.41) is 12.0. The Kier molecular flexibility index (Phi) is 7.28. The highest BCUT2D eigenvalue weighted by molar-refractivity contribution is 8.03. The zero-order valence-corrected chi connectivity index (χ0v) is 25.8. The smallest absolute Gasteiger partial charge is 0.0997 e. The van der Waals surface area contributed by atoms with Crippen LogP contribution in [0.25, 0.3) is 0 Å². The molecule has 0 spiro atoms. The zero-order valence-electron chi connectivity index (χ0n) is 25.0. The molecule has 0 N–H and O–H groups in total. The number of anilines is 3. The molecule has 2 fully saturated rings. The maximum Gasteiger partial charge on any atom is 0.0997 e. The number of hydrogen-bond acceptors (Lipinski definition) is 6. The molecule has 3 aliphatic heterocycles.